The highest BCUT2D eigenvalue weighted by atomic mass is 32.1. The first kappa shape index (κ1) is 13.3. The van der Waals surface area contributed by atoms with Gasteiger partial charge in [-0.3, -0.25) is 0 Å². The highest BCUT2D eigenvalue weighted by Crippen LogP contribution is 2.38. The minimum Gasteiger partial charge on any atom is -0.373 e. The number of anilines is 2. The molecule has 0 atom stereocenters. The minimum absolute atomic E-state index is 0.560. The van der Waals surface area contributed by atoms with Gasteiger partial charge in [-0.15, -0.1) is 11.3 Å². The van der Waals surface area contributed by atoms with E-state index in [9.17, 15) is 0 Å². The van der Waals surface area contributed by atoms with Gasteiger partial charge >= 0.3 is 0 Å². The maximum absolute atomic E-state index is 4.60. The molecule has 3 rings (SSSR count). The Hall–Kier alpha value is -1.69. The van der Waals surface area contributed by atoms with Crippen LogP contribution in [0.15, 0.2) is 11.4 Å². The van der Waals surface area contributed by atoms with E-state index >= 15 is 0 Å². The Kier molecular flexibility index (Phi) is 3.82. The highest BCUT2D eigenvalue weighted by Gasteiger charge is 2.27. The number of hydrogen-bond acceptors (Lipinski definition) is 6. The van der Waals surface area contributed by atoms with Crippen molar-refractivity contribution in [1.29, 1.82) is 0 Å². The number of thiazole rings is 1. The maximum Gasteiger partial charge on any atom is 0.136 e. The van der Waals surface area contributed by atoms with Gasteiger partial charge in [0.1, 0.15) is 17.5 Å². The predicted molar refractivity (Wildman–Crippen MR) is 82.6 cm³/mol. The standard InChI is InChI=1S/C14H19N5S/c1-9-17-11(8-20-9)5-6-16-13-7-12(15-2)18-14(19-13)10-3-4-10/h7-8,10H,3-6H2,1-2H3,(H2,15,16,18,19). The summed E-state index contributed by atoms with van der Waals surface area (Å²) in [7, 11) is 1.89. The second kappa shape index (κ2) is 5.75. The zero-order chi connectivity index (χ0) is 13.9. The topological polar surface area (TPSA) is 62.7 Å². The molecule has 1 aliphatic carbocycles. The molecule has 2 aromatic heterocycles. The van der Waals surface area contributed by atoms with Crippen molar-refractivity contribution >= 4 is 23.0 Å². The molecule has 0 bridgehead atoms. The van der Waals surface area contributed by atoms with Crippen molar-refractivity contribution in [2.24, 2.45) is 0 Å². The van der Waals surface area contributed by atoms with Crippen molar-refractivity contribution in [1.82, 2.24) is 15.0 Å². The summed E-state index contributed by atoms with van der Waals surface area (Å²) < 4.78 is 0. The van der Waals surface area contributed by atoms with Crippen LogP contribution in [-0.4, -0.2) is 28.5 Å². The second-order valence-corrected chi connectivity index (χ2v) is 6.12. The normalized spacial score (nSPS) is 14.3. The SMILES string of the molecule is CNc1cc(NCCc2csc(C)n2)nc(C2CC2)n1. The van der Waals surface area contributed by atoms with Gasteiger partial charge in [-0.1, -0.05) is 0 Å². The second-order valence-electron chi connectivity index (χ2n) is 5.06. The molecule has 0 saturated heterocycles. The fourth-order valence-electron chi connectivity index (χ4n) is 2.05. The molecule has 0 unspecified atom stereocenters. The smallest absolute Gasteiger partial charge is 0.136 e. The predicted octanol–water partition coefficient (Wildman–Crippen LogP) is 2.82. The Morgan fingerprint density at radius 2 is 2.05 bits per heavy atom. The van der Waals surface area contributed by atoms with Crippen LogP contribution in [0.2, 0.25) is 0 Å². The molecule has 0 spiro atoms. The zero-order valence-electron chi connectivity index (χ0n) is 11.8. The third-order valence-electron chi connectivity index (χ3n) is 3.30. The fraction of sp³-hybridized carbons (Fsp3) is 0.500. The summed E-state index contributed by atoms with van der Waals surface area (Å²) >= 11 is 1.70. The molecule has 1 saturated carbocycles. The number of nitrogens with one attached hydrogen (secondary N) is 2. The van der Waals surface area contributed by atoms with E-state index in [1.54, 1.807) is 11.3 Å². The van der Waals surface area contributed by atoms with Crippen molar-refractivity contribution in [3.05, 3.63) is 28.0 Å². The molecule has 0 radical (unpaired) electrons. The summed E-state index contributed by atoms with van der Waals surface area (Å²) in [5.41, 5.74) is 1.14. The third-order valence-corrected chi connectivity index (χ3v) is 4.12. The van der Waals surface area contributed by atoms with E-state index in [1.165, 1.54) is 12.8 Å². The Bertz CT molecular complexity index is 591. The van der Waals surface area contributed by atoms with E-state index in [0.717, 1.165) is 41.1 Å². The van der Waals surface area contributed by atoms with Crippen LogP contribution in [0.4, 0.5) is 11.6 Å². The first-order chi connectivity index (χ1) is 9.74. The lowest BCUT2D eigenvalue weighted by atomic mass is 10.3. The molecule has 2 N–H and O–H groups in total. The summed E-state index contributed by atoms with van der Waals surface area (Å²) in [5, 5.41) is 9.71. The molecule has 2 aromatic rings. The van der Waals surface area contributed by atoms with Crippen molar-refractivity contribution in [3.63, 3.8) is 0 Å². The first-order valence-electron chi connectivity index (χ1n) is 6.96. The molecular weight excluding hydrogens is 270 g/mol. The fourth-order valence-corrected chi connectivity index (χ4v) is 2.70. The first-order valence-corrected chi connectivity index (χ1v) is 7.84. The van der Waals surface area contributed by atoms with Crippen LogP contribution in [-0.2, 0) is 6.42 Å². The summed E-state index contributed by atoms with van der Waals surface area (Å²) in [6, 6.07) is 1.96. The molecule has 20 heavy (non-hydrogen) atoms. The van der Waals surface area contributed by atoms with Crippen molar-refractivity contribution < 1.29 is 0 Å². The van der Waals surface area contributed by atoms with Gasteiger partial charge in [-0.25, -0.2) is 15.0 Å². The summed E-state index contributed by atoms with van der Waals surface area (Å²) in [5.74, 6) is 3.31. The lowest BCUT2D eigenvalue weighted by molar-refractivity contribution is 0.910. The van der Waals surface area contributed by atoms with Crippen molar-refractivity contribution in [3.8, 4) is 0 Å². The molecule has 1 fully saturated rings. The Morgan fingerprint density at radius 1 is 1.25 bits per heavy atom. The largest absolute Gasteiger partial charge is 0.373 e. The molecule has 1 aliphatic rings. The quantitative estimate of drug-likeness (QED) is 0.856. The van der Waals surface area contributed by atoms with Gasteiger partial charge in [0.15, 0.2) is 0 Å². The average molecular weight is 289 g/mol. The van der Waals surface area contributed by atoms with E-state index in [0.29, 0.717) is 5.92 Å². The molecule has 0 amide bonds. The van der Waals surface area contributed by atoms with Crippen LogP contribution in [0, 0.1) is 6.92 Å². The lowest BCUT2D eigenvalue weighted by Gasteiger charge is -2.09. The average Bonchev–Trinajstić information content (AvgIpc) is 3.22. The summed E-state index contributed by atoms with van der Waals surface area (Å²) in [4.78, 5) is 13.6. The van der Waals surface area contributed by atoms with E-state index in [1.807, 2.05) is 20.0 Å². The monoisotopic (exact) mass is 289 g/mol. The van der Waals surface area contributed by atoms with E-state index in [-0.39, 0.29) is 0 Å². The highest BCUT2D eigenvalue weighted by molar-refractivity contribution is 7.09. The van der Waals surface area contributed by atoms with Crippen molar-refractivity contribution in [2.45, 2.75) is 32.1 Å². The number of aromatic nitrogens is 3. The molecular formula is C14H19N5S. The van der Waals surface area contributed by atoms with E-state index in [4.69, 9.17) is 0 Å². The zero-order valence-corrected chi connectivity index (χ0v) is 12.6. The van der Waals surface area contributed by atoms with Gasteiger partial charge < -0.3 is 10.6 Å². The number of rotatable bonds is 6. The van der Waals surface area contributed by atoms with Crippen LogP contribution < -0.4 is 10.6 Å². The van der Waals surface area contributed by atoms with Gasteiger partial charge in [-0.2, -0.15) is 0 Å². The van der Waals surface area contributed by atoms with E-state index < -0.39 is 0 Å². The van der Waals surface area contributed by atoms with Gasteiger partial charge in [0.25, 0.3) is 0 Å². The molecule has 106 valence electrons. The van der Waals surface area contributed by atoms with Crippen LogP contribution >= 0.6 is 11.3 Å². The number of hydrogen-bond donors (Lipinski definition) is 2. The van der Waals surface area contributed by atoms with Crippen LogP contribution in [0.3, 0.4) is 0 Å². The third kappa shape index (κ3) is 3.25. The van der Waals surface area contributed by atoms with Crippen LogP contribution in [0.1, 0.15) is 35.3 Å². The van der Waals surface area contributed by atoms with Crippen molar-refractivity contribution in [2.75, 3.05) is 24.2 Å². The van der Waals surface area contributed by atoms with Crippen LogP contribution in [0.25, 0.3) is 0 Å². The van der Waals surface area contributed by atoms with Gasteiger partial charge in [0.05, 0.1) is 10.7 Å². The molecule has 6 heteroatoms. The number of nitrogens with zero attached hydrogens (tertiary/aromatic N) is 3. The molecule has 0 aliphatic heterocycles. The van der Waals surface area contributed by atoms with Crippen LogP contribution in [0.5, 0.6) is 0 Å². The Balaban J connectivity index is 1.62. The molecule has 0 aromatic carbocycles. The molecule has 5 nitrogen and oxygen atoms in total. The summed E-state index contributed by atoms with van der Waals surface area (Å²) in [6.45, 7) is 2.88. The lowest BCUT2D eigenvalue weighted by Crippen LogP contribution is -2.09. The Morgan fingerprint density at radius 3 is 2.70 bits per heavy atom. The molecule has 2 heterocycles. The summed E-state index contributed by atoms with van der Waals surface area (Å²) in [6.07, 6.45) is 3.34. The van der Waals surface area contributed by atoms with Gasteiger partial charge in [0, 0.05) is 37.4 Å². The Labute approximate surface area is 122 Å². The van der Waals surface area contributed by atoms with E-state index in [2.05, 4.69) is 31.0 Å². The minimum atomic E-state index is 0.560. The number of aryl methyl sites for hydroxylation is 1. The van der Waals surface area contributed by atoms with Gasteiger partial charge in [0.2, 0.25) is 0 Å². The van der Waals surface area contributed by atoms with Gasteiger partial charge in [-0.05, 0) is 19.8 Å². The maximum atomic E-state index is 4.60.